The zero-order valence-electron chi connectivity index (χ0n) is 22.3. The average molecular weight is 598 g/mol. The number of carbonyl (C=O) groups excluding carboxylic acids is 1. The molecule has 8 nitrogen and oxygen atoms in total. The number of rotatable bonds is 5. The number of pyridine rings is 1. The third-order valence-electron chi connectivity index (χ3n) is 6.74. The number of carbonyl (C=O) groups is 1. The van der Waals surface area contributed by atoms with E-state index in [2.05, 4.69) is 0 Å². The normalized spacial score (nSPS) is 14.5. The van der Waals surface area contributed by atoms with E-state index in [1.54, 1.807) is 37.0 Å². The monoisotopic (exact) mass is 597 g/mol. The third-order valence-corrected chi connectivity index (χ3v) is 9.06. The van der Waals surface area contributed by atoms with Gasteiger partial charge in [-0.1, -0.05) is 78.2 Å². The van der Waals surface area contributed by atoms with Crippen molar-refractivity contribution >= 4 is 63.4 Å². The smallest absolute Gasteiger partial charge is 0.283 e. The van der Waals surface area contributed by atoms with Crippen LogP contribution in [-0.2, 0) is 11.8 Å². The molecule has 1 fully saturated rings. The molecule has 0 unspecified atom stereocenters. The van der Waals surface area contributed by atoms with Crippen molar-refractivity contribution in [2.24, 2.45) is 7.05 Å². The Morgan fingerprint density at radius 2 is 1.59 bits per heavy atom. The minimum Gasteiger partial charge on any atom is -0.283 e. The largest absolute Gasteiger partial charge is 0.296 e. The van der Waals surface area contributed by atoms with E-state index in [0.29, 0.717) is 22.1 Å². The first-order chi connectivity index (χ1) is 19.7. The molecule has 0 aliphatic carbocycles. The van der Waals surface area contributed by atoms with Crippen molar-refractivity contribution in [3.8, 4) is 5.69 Å². The van der Waals surface area contributed by atoms with E-state index in [1.807, 2.05) is 73.7 Å². The summed E-state index contributed by atoms with van der Waals surface area (Å²) in [4.78, 5) is 48.4. The van der Waals surface area contributed by atoms with Crippen LogP contribution in [0, 0.1) is 13.8 Å². The highest BCUT2D eigenvalue weighted by atomic mass is 32.2. The first-order valence-corrected chi connectivity index (χ1v) is 14.7. The predicted molar refractivity (Wildman–Crippen MR) is 168 cm³/mol. The minimum atomic E-state index is -0.463. The van der Waals surface area contributed by atoms with Gasteiger partial charge in [0.15, 0.2) is 4.32 Å². The molecule has 2 aromatic carbocycles. The van der Waals surface area contributed by atoms with Crippen LogP contribution in [0.4, 0.5) is 5.69 Å². The van der Waals surface area contributed by atoms with Crippen molar-refractivity contribution in [1.82, 2.24) is 18.7 Å². The topological polar surface area (TPSA) is 81.6 Å². The van der Waals surface area contributed by atoms with Crippen molar-refractivity contribution < 1.29 is 4.79 Å². The summed E-state index contributed by atoms with van der Waals surface area (Å²) in [5.41, 5.74) is 2.45. The van der Waals surface area contributed by atoms with Crippen LogP contribution in [0.15, 0.2) is 103 Å². The maximum atomic E-state index is 13.8. The van der Waals surface area contributed by atoms with Gasteiger partial charge in [-0.25, -0.2) is 9.67 Å². The molecule has 1 amide bonds. The maximum Gasteiger partial charge on any atom is 0.296 e. The first-order valence-electron chi connectivity index (χ1n) is 12.6. The zero-order valence-corrected chi connectivity index (χ0v) is 24.7. The molecule has 11 heteroatoms. The van der Waals surface area contributed by atoms with E-state index in [1.165, 1.54) is 25.7 Å². The van der Waals surface area contributed by atoms with Gasteiger partial charge in [0.1, 0.15) is 16.4 Å². The SMILES string of the molecule is Cc1ccc2nc(Sc3ccccc3)c(/C=C3/SC(=S)N(c4c(C)n(C)n(-c5ccccc5)c4=O)C3=O)c(=O)n2c1. The molecule has 41 heavy (non-hydrogen) atoms. The molecule has 1 aliphatic rings. The molecule has 0 radical (unpaired) electrons. The van der Waals surface area contributed by atoms with Crippen molar-refractivity contribution in [2.45, 2.75) is 23.8 Å². The average Bonchev–Trinajstić information content (AvgIpc) is 3.36. The van der Waals surface area contributed by atoms with Gasteiger partial charge in [0.05, 0.1) is 21.8 Å². The lowest BCUT2D eigenvalue weighted by molar-refractivity contribution is -0.113. The number of fused-ring (bicyclic) bond motifs is 1. The highest BCUT2D eigenvalue weighted by Gasteiger charge is 2.38. The van der Waals surface area contributed by atoms with Crippen molar-refractivity contribution in [3.63, 3.8) is 0 Å². The fourth-order valence-corrected chi connectivity index (χ4v) is 6.81. The molecule has 0 spiro atoms. The molecule has 4 heterocycles. The van der Waals surface area contributed by atoms with E-state index in [4.69, 9.17) is 17.2 Å². The molecular weight excluding hydrogens is 575 g/mol. The van der Waals surface area contributed by atoms with Gasteiger partial charge >= 0.3 is 0 Å². The Hall–Kier alpha value is -4.19. The van der Waals surface area contributed by atoms with Crippen LogP contribution in [0.5, 0.6) is 0 Å². The number of aromatic nitrogens is 4. The van der Waals surface area contributed by atoms with Gasteiger partial charge < -0.3 is 0 Å². The number of nitrogens with zero attached hydrogens (tertiary/aromatic N) is 5. The molecule has 1 aliphatic heterocycles. The summed E-state index contributed by atoms with van der Waals surface area (Å²) in [6.45, 7) is 3.67. The molecular formula is C30H23N5O3S3. The molecule has 0 bridgehead atoms. The van der Waals surface area contributed by atoms with Crippen LogP contribution in [-0.4, -0.2) is 29.0 Å². The summed E-state index contributed by atoms with van der Waals surface area (Å²) in [6.07, 6.45) is 3.27. The number of amides is 1. The summed E-state index contributed by atoms with van der Waals surface area (Å²) in [6, 6.07) is 22.5. The van der Waals surface area contributed by atoms with Crippen LogP contribution in [0.2, 0.25) is 0 Å². The Kier molecular flexibility index (Phi) is 7.02. The fourth-order valence-electron chi connectivity index (χ4n) is 4.64. The number of hydrogen-bond donors (Lipinski definition) is 0. The van der Waals surface area contributed by atoms with Gasteiger partial charge in [0.2, 0.25) is 0 Å². The lowest BCUT2D eigenvalue weighted by Crippen LogP contribution is -2.33. The number of anilines is 1. The summed E-state index contributed by atoms with van der Waals surface area (Å²) in [5.74, 6) is -0.463. The number of thioether (sulfide) groups is 1. The van der Waals surface area contributed by atoms with Gasteiger partial charge in [-0.3, -0.25) is 28.4 Å². The standard InChI is InChI=1S/C30H23N5O3S3/c1-18-14-15-24-31-26(40-21-12-8-5-9-13-21)22(27(36)33(24)17-18)16-23-28(37)34(30(39)41-23)25-19(2)32(3)35(29(25)38)20-10-6-4-7-11-20/h4-17H,1-3H3/b23-16+. The van der Waals surface area contributed by atoms with Crippen LogP contribution < -0.4 is 16.0 Å². The quantitative estimate of drug-likeness (QED) is 0.153. The highest BCUT2D eigenvalue weighted by Crippen LogP contribution is 2.37. The molecule has 204 valence electrons. The van der Waals surface area contributed by atoms with Crippen LogP contribution >= 0.6 is 35.7 Å². The Morgan fingerprint density at radius 3 is 2.29 bits per heavy atom. The van der Waals surface area contributed by atoms with E-state index in [-0.39, 0.29) is 31.6 Å². The van der Waals surface area contributed by atoms with Crippen LogP contribution in [0.3, 0.4) is 0 Å². The molecule has 0 atom stereocenters. The van der Waals surface area contributed by atoms with Gasteiger partial charge in [-0.2, -0.15) is 0 Å². The molecule has 5 aromatic rings. The summed E-state index contributed by atoms with van der Waals surface area (Å²) < 4.78 is 4.90. The summed E-state index contributed by atoms with van der Waals surface area (Å²) >= 11 is 8.02. The van der Waals surface area contributed by atoms with Crippen molar-refractivity contribution in [1.29, 1.82) is 0 Å². The number of thiocarbonyl (C=S) groups is 1. The van der Waals surface area contributed by atoms with E-state index < -0.39 is 5.91 Å². The second-order valence-corrected chi connectivity index (χ2v) is 12.2. The molecule has 1 saturated heterocycles. The zero-order chi connectivity index (χ0) is 28.8. The number of para-hydroxylation sites is 1. The predicted octanol–water partition coefficient (Wildman–Crippen LogP) is 5.36. The summed E-state index contributed by atoms with van der Waals surface area (Å²) in [7, 11) is 1.76. The maximum absolute atomic E-state index is 13.8. The second-order valence-electron chi connectivity index (χ2n) is 9.41. The molecule has 3 aromatic heterocycles. The van der Waals surface area contributed by atoms with E-state index >= 15 is 0 Å². The Balaban J connectivity index is 1.47. The van der Waals surface area contributed by atoms with Gasteiger partial charge in [0, 0.05) is 18.1 Å². The van der Waals surface area contributed by atoms with Gasteiger partial charge in [-0.05, 0) is 55.8 Å². The fraction of sp³-hybridized carbons (Fsp3) is 0.100. The minimum absolute atomic E-state index is 0.185. The second kappa shape index (κ2) is 10.7. The Labute approximate surface area is 248 Å². The first kappa shape index (κ1) is 27.0. The number of benzene rings is 2. The Bertz CT molecular complexity index is 2010. The van der Waals surface area contributed by atoms with Gasteiger partial charge in [0.25, 0.3) is 17.0 Å². The number of hydrogen-bond acceptors (Lipinski definition) is 7. The van der Waals surface area contributed by atoms with Gasteiger partial charge in [-0.15, -0.1) is 0 Å². The summed E-state index contributed by atoms with van der Waals surface area (Å²) in [5, 5.41) is 0.470. The van der Waals surface area contributed by atoms with E-state index in [9.17, 15) is 14.4 Å². The lowest BCUT2D eigenvalue weighted by Gasteiger charge is -2.12. The highest BCUT2D eigenvalue weighted by molar-refractivity contribution is 8.27. The van der Waals surface area contributed by atoms with Crippen molar-refractivity contribution in [2.75, 3.05) is 4.90 Å². The molecule has 0 saturated carbocycles. The van der Waals surface area contributed by atoms with Crippen molar-refractivity contribution in [3.05, 3.63) is 121 Å². The van der Waals surface area contributed by atoms with E-state index in [0.717, 1.165) is 22.2 Å². The van der Waals surface area contributed by atoms with Crippen LogP contribution in [0.1, 0.15) is 16.8 Å². The Morgan fingerprint density at radius 1 is 0.902 bits per heavy atom. The number of aryl methyl sites for hydroxylation is 1. The third kappa shape index (κ3) is 4.75. The van der Waals surface area contributed by atoms with Crippen LogP contribution in [0.25, 0.3) is 17.4 Å². The molecule has 0 N–H and O–H groups in total. The molecule has 6 rings (SSSR count). The lowest BCUT2D eigenvalue weighted by atomic mass is 10.2.